The first-order chi connectivity index (χ1) is 8.22. The Hall–Kier alpha value is -1.45. The molecule has 4 heteroatoms. The molecule has 92 valence electrons. The first-order valence-corrected chi connectivity index (χ1v) is 6.18. The summed E-state index contributed by atoms with van der Waals surface area (Å²) in [6, 6.07) is 0. The lowest BCUT2D eigenvalue weighted by Crippen LogP contribution is -2.19. The van der Waals surface area contributed by atoms with E-state index in [1.165, 1.54) is 0 Å². The van der Waals surface area contributed by atoms with Crippen molar-refractivity contribution in [1.29, 1.82) is 0 Å². The number of carbonyl (C=O) groups excluding carboxylic acids is 2. The van der Waals surface area contributed by atoms with Gasteiger partial charge in [0.25, 0.3) is 0 Å². The number of Topliss-reactive ketones (excluding diaryl/α,β-unsaturated/α-hetero) is 1. The fourth-order valence-electron chi connectivity index (χ4n) is 1.86. The number of allylic oxidation sites excluding steroid dienone is 1. The topological polar surface area (TPSA) is 55.7 Å². The van der Waals surface area contributed by atoms with E-state index in [1.54, 1.807) is 13.0 Å². The highest BCUT2D eigenvalue weighted by Crippen LogP contribution is 2.32. The zero-order chi connectivity index (χ0) is 12.3. The molecule has 0 atom stereocenters. The highest BCUT2D eigenvalue weighted by Gasteiger charge is 2.29. The van der Waals surface area contributed by atoms with Gasteiger partial charge in [-0.2, -0.15) is 0 Å². The lowest BCUT2D eigenvalue weighted by molar-refractivity contribution is -0.140. The molecule has 0 aromatic heterocycles. The Labute approximate surface area is 101 Å². The number of nitrogens with zero attached hydrogens (tertiary/aromatic N) is 1. The molecule has 0 spiro atoms. The quantitative estimate of drug-likeness (QED) is 0.552. The first kappa shape index (κ1) is 12.0. The van der Waals surface area contributed by atoms with Crippen LogP contribution < -0.4 is 0 Å². The van der Waals surface area contributed by atoms with Gasteiger partial charge in [-0.3, -0.25) is 9.79 Å². The van der Waals surface area contributed by atoms with Crippen LogP contribution >= 0.6 is 0 Å². The Morgan fingerprint density at radius 2 is 2.29 bits per heavy atom. The van der Waals surface area contributed by atoms with Crippen LogP contribution in [0.25, 0.3) is 0 Å². The van der Waals surface area contributed by atoms with E-state index in [-0.39, 0.29) is 11.4 Å². The summed E-state index contributed by atoms with van der Waals surface area (Å²) in [6.07, 6.45) is 4.97. The predicted molar refractivity (Wildman–Crippen MR) is 64.0 cm³/mol. The fraction of sp³-hybridized carbons (Fsp3) is 0.615. The molecular weight excluding hydrogens is 218 g/mol. The Kier molecular flexibility index (Phi) is 3.71. The van der Waals surface area contributed by atoms with E-state index in [0.29, 0.717) is 31.9 Å². The van der Waals surface area contributed by atoms with Crippen LogP contribution in [0.5, 0.6) is 0 Å². The standard InChI is InChI=1S/C13H17NO3/c1-2-17-13(16)10-8-11(9-5-6-9)14-7-3-4-12(10)15/h8-9H,2-7H2,1H3/b10-8+,14-11?. The third kappa shape index (κ3) is 3.02. The predicted octanol–water partition coefficient (Wildman–Crippen LogP) is 1.69. The average molecular weight is 235 g/mol. The summed E-state index contributed by atoms with van der Waals surface area (Å²) in [6.45, 7) is 2.71. The van der Waals surface area contributed by atoms with Crippen molar-refractivity contribution < 1.29 is 14.3 Å². The van der Waals surface area contributed by atoms with Gasteiger partial charge < -0.3 is 4.74 Å². The van der Waals surface area contributed by atoms with Crippen LogP contribution in [-0.2, 0) is 14.3 Å². The molecule has 0 radical (unpaired) electrons. The Balaban J connectivity index is 2.24. The number of hydrogen-bond acceptors (Lipinski definition) is 4. The maximum atomic E-state index is 11.8. The number of carbonyl (C=O) groups is 2. The highest BCUT2D eigenvalue weighted by atomic mass is 16.5. The molecular formula is C13H17NO3. The van der Waals surface area contributed by atoms with Gasteiger partial charge in [-0.1, -0.05) is 0 Å². The van der Waals surface area contributed by atoms with E-state index in [1.807, 2.05) is 0 Å². The van der Waals surface area contributed by atoms with Gasteiger partial charge in [0.2, 0.25) is 0 Å². The fourth-order valence-corrected chi connectivity index (χ4v) is 1.86. The SMILES string of the molecule is CCOC(=O)/C1=C/C(C2CC2)=NCCCC1=O. The second kappa shape index (κ2) is 5.25. The molecule has 0 bridgehead atoms. The van der Waals surface area contributed by atoms with Crippen molar-refractivity contribution >= 4 is 17.5 Å². The minimum atomic E-state index is -0.507. The minimum absolute atomic E-state index is 0.114. The van der Waals surface area contributed by atoms with Crippen LogP contribution in [0.4, 0.5) is 0 Å². The number of esters is 1. The smallest absolute Gasteiger partial charge is 0.341 e. The summed E-state index contributed by atoms with van der Waals surface area (Å²) in [5.41, 5.74) is 1.08. The van der Waals surface area contributed by atoms with E-state index in [2.05, 4.69) is 4.99 Å². The third-order valence-corrected chi connectivity index (χ3v) is 2.94. The average Bonchev–Trinajstić information content (AvgIpc) is 3.08. The van der Waals surface area contributed by atoms with E-state index in [4.69, 9.17) is 4.74 Å². The number of ether oxygens (including phenoxy) is 1. The van der Waals surface area contributed by atoms with Crippen LogP contribution in [0.15, 0.2) is 16.6 Å². The van der Waals surface area contributed by atoms with Gasteiger partial charge in [-0.15, -0.1) is 0 Å². The molecule has 1 aliphatic carbocycles. The summed E-state index contributed by atoms with van der Waals surface area (Å²) in [7, 11) is 0. The van der Waals surface area contributed by atoms with Gasteiger partial charge >= 0.3 is 5.97 Å². The van der Waals surface area contributed by atoms with E-state index >= 15 is 0 Å². The summed E-state index contributed by atoms with van der Waals surface area (Å²) in [4.78, 5) is 28.0. The van der Waals surface area contributed by atoms with Crippen molar-refractivity contribution in [2.45, 2.75) is 32.6 Å². The molecule has 0 N–H and O–H groups in total. The zero-order valence-corrected chi connectivity index (χ0v) is 10.1. The molecule has 0 saturated heterocycles. The van der Waals surface area contributed by atoms with E-state index < -0.39 is 5.97 Å². The zero-order valence-electron chi connectivity index (χ0n) is 10.1. The second-order valence-electron chi connectivity index (χ2n) is 4.39. The van der Waals surface area contributed by atoms with E-state index in [9.17, 15) is 9.59 Å². The van der Waals surface area contributed by atoms with Gasteiger partial charge in [0.1, 0.15) is 5.57 Å². The monoisotopic (exact) mass is 235 g/mol. The van der Waals surface area contributed by atoms with Crippen molar-refractivity contribution in [2.75, 3.05) is 13.2 Å². The van der Waals surface area contributed by atoms with Crippen LogP contribution in [0.3, 0.4) is 0 Å². The van der Waals surface area contributed by atoms with Crippen molar-refractivity contribution in [2.24, 2.45) is 10.9 Å². The molecule has 0 unspecified atom stereocenters. The molecule has 17 heavy (non-hydrogen) atoms. The third-order valence-electron chi connectivity index (χ3n) is 2.94. The highest BCUT2D eigenvalue weighted by molar-refractivity contribution is 6.21. The maximum Gasteiger partial charge on any atom is 0.341 e. The largest absolute Gasteiger partial charge is 0.462 e. The molecule has 2 rings (SSSR count). The van der Waals surface area contributed by atoms with Crippen LogP contribution in [-0.4, -0.2) is 30.6 Å². The second-order valence-corrected chi connectivity index (χ2v) is 4.39. The molecule has 4 nitrogen and oxygen atoms in total. The van der Waals surface area contributed by atoms with Gasteiger partial charge in [-0.25, -0.2) is 4.79 Å². The Morgan fingerprint density at radius 3 is 2.94 bits per heavy atom. The molecule has 0 amide bonds. The molecule has 0 aromatic carbocycles. The van der Waals surface area contributed by atoms with Crippen LogP contribution in [0.2, 0.25) is 0 Å². The molecule has 1 heterocycles. The number of aliphatic imine (C=N–C) groups is 1. The van der Waals surface area contributed by atoms with E-state index in [0.717, 1.165) is 18.6 Å². The molecule has 1 fully saturated rings. The Morgan fingerprint density at radius 1 is 1.53 bits per heavy atom. The summed E-state index contributed by atoms with van der Waals surface area (Å²) >= 11 is 0. The number of ketones is 1. The van der Waals surface area contributed by atoms with Gasteiger partial charge in [0, 0.05) is 24.6 Å². The van der Waals surface area contributed by atoms with Crippen LogP contribution in [0.1, 0.15) is 32.6 Å². The van der Waals surface area contributed by atoms with Crippen molar-refractivity contribution in [3.05, 3.63) is 11.6 Å². The van der Waals surface area contributed by atoms with Gasteiger partial charge in [0.15, 0.2) is 5.78 Å². The maximum absolute atomic E-state index is 11.8. The van der Waals surface area contributed by atoms with Gasteiger partial charge in [-0.05, 0) is 32.3 Å². The first-order valence-electron chi connectivity index (χ1n) is 6.18. The summed E-state index contributed by atoms with van der Waals surface area (Å²) in [5.74, 6) is -0.172. The molecule has 0 aromatic rings. The van der Waals surface area contributed by atoms with Gasteiger partial charge in [0.05, 0.1) is 6.61 Å². The minimum Gasteiger partial charge on any atom is -0.462 e. The summed E-state index contributed by atoms with van der Waals surface area (Å²) < 4.78 is 4.91. The molecule has 2 aliphatic rings. The normalized spacial score (nSPS) is 24.2. The van der Waals surface area contributed by atoms with Crippen molar-refractivity contribution in [3.63, 3.8) is 0 Å². The number of rotatable bonds is 3. The van der Waals surface area contributed by atoms with Crippen molar-refractivity contribution in [3.8, 4) is 0 Å². The lowest BCUT2D eigenvalue weighted by Gasteiger charge is -2.10. The number of hydrogen-bond donors (Lipinski definition) is 0. The molecule has 1 aliphatic heterocycles. The van der Waals surface area contributed by atoms with Crippen molar-refractivity contribution in [1.82, 2.24) is 0 Å². The van der Waals surface area contributed by atoms with Crippen LogP contribution in [0, 0.1) is 5.92 Å². The molecule has 1 saturated carbocycles. The Bertz CT molecular complexity index is 391. The summed E-state index contributed by atoms with van der Waals surface area (Å²) in [5, 5.41) is 0. The lowest BCUT2D eigenvalue weighted by atomic mass is 10.0.